The highest BCUT2D eigenvalue weighted by atomic mass is 32.1. The second-order valence-electron chi connectivity index (χ2n) is 5.26. The van der Waals surface area contributed by atoms with Gasteiger partial charge < -0.3 is 5.32 Å². The Balaban J connectivity index is 1.78. The smallest absolute Gasteiger partial charge is 0.0950 e. The molecule has 1 aromatic carbocycles. The van der Waals surface area contributed by atoms with Gasteiger partial charge in [-0.1, -0.05) is 30.3 Å². The van der Waals surface area contributed by atoms with Gasteiger partial charge in [-0.05, 0) is 26.3 Å². The molecular formula is C15H18N2S. The Morgan fingerprint density at radius 3 is 2.89 bits per heavy atom. The number of nitrogens with one attached hydrogen (secondary N) is 1. The molecule has 1 aliphatic heterocycles. The van der Waals surface area contributed by atoms with Crippen molar-refractivity contribution in [2.75, 3.05) is 6.54 Å². The Kier molecular flexibility index (Phi) is 3.18. The summed E-state index contributed by atoms with van der Waals surface area (Å²) in [6, 6.07) is 10.4. The number of rotatable bonds is 3. The zero-order valence-electron chi connectivity index (χ0n) is 10.6. The normalized spacial score (nSPS) is 23.4. The molecule has 94 valence electrons. The van der Waals surface area contributed by atoms with Gasteiger partial charge in [0.2, 0.25) is 0 Å². The van der Waals surface area contributed by atoms with Crippen molar-refractivity contribution in [1.29, 1.82) is 0 Å². The van der Waals surface area contributed by atoms with Crippen molar-refractivity contribution in [2.24, 2.45) is 0 Å². The monoisotopic (exact) mass is 258 g/mol. The molecule has 2 aromatic rings. The van der Waals surface area contributed by atoms with E-state index in [0.29, 0.717) is 0 Å². The first-order valence-electron chi connectivity index (χ1n) is 6.50. The number of nitrogens with zero attached hydrogens (tertiary/aromatic N) is 1. The first kappa shape index (κ1) is 11.9. The predicted octanol–water partition coefficient (Wildman–Crippen LogP) is 3.49. The third kappa shape index (κ3) is 2.47. The Morgan fingerprint density at radius 1 is 1.33 bits per heavy atom. The average Bonchev–Trinajstić information content (AvgIpc) is 3.00. The third-order valence-electron chi connectivity index (χ3n) is 3.62. The second kappa shape index (κ2) is 4.82. The topological polar surface area (TPSA) is 24.9 Å². The molecule has 1 aromatic heterocycles. The largest absolute Gasteiger partial charge is 0.311 e. The van der Waals surface area contributed by atoms with Crippen LogP contribution >= 0.6 is 11.3 Å². The van der Waals surface area contributed by atoms with Crippen molar-refractivity contribution in [2.45, 2.75) is 31.7 Å². The fourth-order valence-electron chi connectivity index (χ4n) is 2.58. The van der Waals surface area contributed by atoms with Crippen LogP contribution in [0.25, 0.3) is 11.3 Å². The van der Waals surface area contributed by atoms with Crippen molar-refractivity contribution >= 4 is 11.3 Å². The third-order valence-corrected chi connectivity index (χ3v) is 4.47. The number of hydrogen-bond acceptors (Lipinski definition) is 3. The summed E-state index contributed by atoms with van der Waals surface area (Å²) >= 11 is 1.78. The molecule has 3 heteroatoms. The molecule has 2 nitrogen and oxygen atoms in total. The van der Waals surface area contributed by atoms with Crippen LogP contribution < -0.4 is 5.32 Å². The Morgan fingerprint density at radius 2 is 2.17 bits per heavy atom. The number of benzene rings is 1. The summed E-state index contributed by atoms with van der Waals surface area (Å²) in [6.07, 6.45) is 3.59. The van der Waals surface area contributed by atoms with E-state index in [2.05, 4.69) is 41.9 Å². The zero-order valence-corrected chi connectivity index (χ0v) is 11.5. The maximum Gasteiger partial charge on any atom is 0.0950 e. The molecule has 0 amide bonds. The summed E-state index contributed by atoms with van der Waals surface area (Å²) in [6.45, 7) is 3.46. The van der Waals surface area contributed by atoms with Gasteiger partial charge in [-0.25, -0.2) is 4.98 Å². The summed E-state index contributed by atoms with van der Waals surface area (Å²) in [5.41, 5.74) is 2.58. The Hall–Kier alpha value is -1.19. The van der Waals surface area contributed by atoms with Crippen molar-refractivity contribution in [1.82, 2.24) is 10.3 Å². The van der Waals surface area contributed by atoms with Gasteiger partial charge in [0.25, 0.3) is 0 Å². The van der Waals surface area contributed by atoms with Gasteiger partial charge in [0.15, 0.2) is 0 Å². The van der Waals surface area contributed by atoms with E-state index in [9.17, 15) is 0 Å². The standard InChI is InChI=1S/C15H18N2S/c1-15(8-5-9-16-15)10-14-17-13(11-18-14)12-6-3-2-4-7-12/h2-4,6-7,11,16H,5,8-10H2,1H3. The molecule has 2 heterocycles. The number of aromatic nitrogens is 1. The lowest BCUT2D eigenvalue weighted by Crippen LogP contribution is -2.38. The second-order valence-corrected chi connectivity index (χ2v) is 6.20. The van der Waals surface area contributed by atoms with E-state index in [0.717, 1.165) is 18.7 Å². The fourth-order valence-corrected chi connectivity index (χ4v) is 3.56. The quantitative estimate of drug-likeness (QED) is 0.911. The molecule has 0 aliphatic carbocycles. The Labute approximate surface area is 112 Å². The molecule has 0 radical (unpaired) electrons. The highest BCUT2D eigenvalue weighted by Crippen LogP contribution is 2.27. The van der Waals surface area contributed by atoms with Gasteiger partial charge >= 0.3 is 0 Å². The van der Waals surface area contributed by atoms with E-state index in [1.807, 2.05) is 6.07 Å². The van der Waals surface area contributed by atoms with Gasteiger partial charge in [0.1, 0.15) is 0 Å². The molecule has 1 aliphatic rings. The highest BCUT2D eigenvalue weighted by molar-refractivity contribution is 7.09. The van der Waals surface area contributed by atoms with E-state index < -0.39 is 0 Å². The summed E-state index contributed by atoms with van der Waals surface area (Å²) in [5.74, 6) is 0. The molecule has 0 bridgehead atoms. The van der Waals surface area contributed by atoms with Crippen molar-refractivity contribution < 1.29 is 0 Å². The first-order chi connectivity index (χ1) is 8.75. The van der Waals surface area contributed by atoms with Gasteiger partial charge in [-0.15, -0.1) is 11.3 Å². The van der Waals surface area contributed by atoms with Crippen LogP contribution in [0.15, 0.2) is 35.7 Å². The Bertz CT molecular complexity index is 512. The molecule has 1 unspecified atom stereocenters. The average molecular weight is 258 g/mol. The van der Waals surface area contributed by atoms with Crippen LogP contribution in [0.2, 0.25) is 0 Å². The van der Waals surface area contributed by atoms with Crippen LogP contribution in [0, 0.1) is 0 Å². The van der Waals surface area contributed by atoms with E-state index in [1.54, 1.807) is 11.3 Å². The minimum absolute atomic E-state index is 0.256. The van der Waals surface area contributed by atoms with Crippen LogP contribution in [-0.2, 0) is 6.42 Å². The summed E-state index contributed by atoms with van der Waals surface area (Å²) < 4.78 is 0. The number of hydrogen-bond donors (Lipinski definition) is 1. The molecule has 0 saturated carbocycles. The SMILES string of the molecule is CC1(Cc2nc(-c3ccccc3)cs2)CCCN1. The van der Waals surface area contributed by atoms with Crippen LogP contribution in [-0.4, -0.2) is 17.1 Å². The van der Waals surface area contributed by atoms with E-state index in [4.69, 9.17) is 4.98 Å². The van der Waals surface area contributed by atoms with E-state index >= 15 is 0 Å². The molecule has 3 rings (SSSR count). The van der Waals surface area contributed by atoms with Crippen molar-refractivity contribution in [3.63, 3.8) is 0 Å². The minimum Gasteiger partial charge on any atom is -0.311 e. The zero-order chi connectivity index (χ0) is 12.4. The van der Waals surface area contributed by atoms with Crippen LogP contribution in [0.1, 0.15) is 24.8 Å². The number of thiazole rings is 1. The molecule has 0 spiro atoms. The van der Waals surface area contributed by atoms with E-state index in [-0.39, 0.29) is 5.54 Å². The molecule has 1 fully saturated rings. The summed E-state index contributed by atoms with van der Waals surface area (Å²) in [5, 5.41) is 7.01. The molecule has 1 atom stereocenters. The lowest BCUT2D eigenvalue weighted by molar-refractivity contribution is 0.412. The van der Waals surface area contributed by atoms with Gasteiger partial charge in [0, 0.05) is 22.9 Å². The summed E-state index contributed by atoms with van der Waals surface area (Å²) in [7, 11) is 0. The summed E-state index contributed by atoms with van der Waals surface area (Å²) in [4.78, 5) is 4.77. The maximum atomic E-state index is 4.77. The van der Waals surface area contributed by atoms with Gasteiger partial charge in [-0.2, -0.15) is 0 Å². The van der Waals surface area contributed by atoms with Crippen LogP contribution in [0.4, 0.5) is 0 Å². The predicted molar refractivity (Wildman–Crippen MR) is 76.9 cm³/mol. The lowest BCUT2D eigenvalue weighted by atomic mass is 9.96. The van der Waals surface area contributed by atoms with Gasteiger partial charge in [0.05, 0.1) is 10.7 Å². The molecular weight excluding hydrogens is 240 g/mol. The van der Waals surface area contributed by atoms with E-state index in [1.165, 1.54) is 23.4 Å². The van der Waals surface area contributed by atoms with Crippen molar-refractivity contribution in [3.8, 4) is 11.3 Å². The van der Waals surface area contributed by atoms with Crippen LogP contribution in [0.5, 0.6) is 0 Å². The molecule has 1 N–H and O–H groups in total. The molecule has 1 saturated heterocycles. The first-order valence-corrected chi connectivity index (χ1v) is 7.38. The molecule has 18 heavy (non-hydrogen) atoms. The van der Waals surface area contributed by atoms with Crippen molar-refractivity contribution in [3.05, 3.63) is 40.7 Å². The fraction of sp³-hybridized carbons (Fsp3) is 0.400. The minimum atomic E-state index is 0.256. The maximum absolute atomic E-state index is 4.77. The van der Waals surface area contributed by atoms with Gasteiger partial charge in [-0.3, -0.25) is 0 Å². The highest BCUT2D eigenvalue weighted by Gasteiger charge is 2.29. The lowest BCUT2D eigenvalue weighted by Gasteiger charge is -2.22. The van der Waals surface area contributed by atoms with Crippen LogP contribution in [0.3, 0.4) is 0 Å².